The van der Waals surface area contributed by atoms with Crippen LogP contribution >= 0.6 is 0 Å². The molecule has 1 aliphatic heterocycles. The molecule has 5 nitrogen and oxygen atoms in total. The van der Waals surface area contributed by atoms with Gasteiger partial charge in [-0.15, -0.1) is 0 Å². The van der Waals surface area contributed by atoms with Gasteiger partial charge in [-0.1, -0.05) is 0 Å². The molecule has 2 atom stereocenters. The molecule has 0 bridgehead atoms. The number of carbonyl (C=O) groups is 1. The van der Waals surface area contributed by atoms with Gasteiger partial charge in [0.05, 0.1) is 0 Å². The zero-order valence-corrected chi connectivity index (χ0v) is 6.84. The number of rotatable bonds is 0. The third-order valence-electron chi connectivity index (χ3n) is 2.05. The lowest BCUT2D eigenvalue weighted by molar-refractivity contribution is -0.146. The van der Waals surface area contributed by atoms with E-state index in [9.17, 15) is 4.79 Å². The second-order valence-electron chi connectivity index (χ2n) is 3.05. The molecule has 1 rings (SSSR count). The number of amides is 1. The van der Waals surface area contributed by atoms with Gasteiger partial charge >= 0.3 is 0 Å². The van der Waals surface area contributed by atoms with Crippen molar-refractivity contribution in [3.63, 3.8) is 0 Å². The Labute approximate surface area is 70.2 Å². The molecule has 0 aromatic rings. The number of hydrogen-bond acceptors (Lipinski definition) is 4. The first-order valence-corrected chi connectivity index (χ1v) is 3.82. The van der Waals surface area contributed by atoms with Crippen molar-refractivity contribution in [2.75, 3.05) is 13.1 Å². The van der Waals surface area contributed by atoms with Gasteiger partial charge in [0.25, 0.3) is 0 Å². The van der Waals surface area contributed by atoms with E-state index in [1.807, 2.05) is 0 Å². The van der Waals surface area contributed by atoms with E-state index in [1.165, 1.54) is 11.8 Å². The van der Waals surface area contributed by atoms with Crippen LogP contribution in [0.4, 0.5) is 0 Å². The number of aliphatic hydroxyl groups is 3. The molecule has 0 saturated carbocycles. The Morgan fingerprint density at radius 3 is 2.00 bits per heavy atom. The molecule has 3 N–H and O–H groups in total. The Morgan fingerprint density at radius 2 is 1.67 bits per heavy atom. The van der Waals surface area contributed by atoms with E-state index in [2.05, 4.69) is 0 Å². The Bertz CT molecular complexity index is 172. The second kappa shape index (κ2) is 3.38. The summed E-state index contributed by atoms with van der Waals surface area (Å²) in [6.07, 6.45) is -3.23. The lowest BCUT2D eigenvalue weighted by Crippen LogP contribution is -2.56. The molecule has 2 unspecified atom stereocenters. The highest BCUT2D eigenvalue weighted by atomic mass is 16.4. The summed E-state index contributed by atoms with van der Waals surface area (Å²) in [7, 11) is 0. The Hall–Kier alpha value is -0.650. The lowest BCUT2D eigenvalue weighted by Gasteiger charge is -2.36. The van der Waals surface area contributed by atoms with Crippen LogP contribution < -0.4 is 0 Å². The van der Waals surface area contributed by atoms with E-state index in [4.69, 9.17) is 15.3 Å². The molecule has 12 heavy (non-hydrogen) atoms. The number of hydrogen-bond donors (Lipinski definition) is 3. The molecule has 1 fully saturated rings. The van der Waals surface area contributed by atoms with Crippen molar-refractivity contribution in [2.24, 2.45) is 0 Å². The van der Waals surface area contributed by atoms with E-state index >= 15 is 0 Å². The van der Waals surface area contributed by atoms with Crippen LogP contribution in [0.15, 0.2) is 0 Å². The summed E-state index contributed by atoms with van der Waals surface area (Å²) in [6, 6.07) is 0. The molecule has 0 radical (unpaired) electrons. The van der Waals surface area contributed by atoms with Crippen molar-refractivity contribution in [3.05, 3.63) is 0 Å². The highest BCUT2D eigenvalue weighted by Gasteiger charge is 2.34. The lowest BCUT2D eigenvalue weighted by atomic mass is 10.0. The summed E-state index contributed by atoms with van der Waals surface area (Å²) < 4.78 is 0. The van der Waals surface area contributed by atoms with Crippen molar-refractivity contribution < 1.29 is 20.1 Å². The van der Waals surface area contributed by atoms with Crippen molar-refractivity contribution in [1.82, 2.24) is 4.90 Å². The zero-order chi connectivity index (χ0) is 9.30. The summed E-state index contributed by atoms with van der Waals surface area (Å²) in [5, 5.41) is 27.4. The van der Waals surface area contributed by atoms with Gasteiger partial charge in [0.1, 0.15) is 18.3 Å². The number of piperidine rings is 1. The van der Waals surface area contributed by atoms with Gasteiger partial charge in [0.15, 0.2) is 0 Å². The zero-order valence-electron chi connectivity index (χ0n) is 6.84. The van der Waals surface area contributed by atoms with Crippen molar-refractivity contribution in [2.45, 2.75) is 25.2 Å². The molecule has 1 heterocycles. The third-order valence-corrected chi connectivity index (χ3v) is 2.05. The maximum Gasteiger partial charge on any atom is 0.219 e. The van der Waals surface area contributed by atoms with Crippen LogP contribution in [0, 0.1) is 0 Å². The van der Waals surface area contributed by atoms with Gasteiger partial charge in [0, 0.05) is 20.0 Å². The van der Waals surface area contributed by atoms with Gasteiger partial charge in [-0.3, -0.25) is 4.79 Å². The summed E-state index contributed by atoms with van der Waals surface area (Å²) in [5.74, 6) is -0.208. The molecule has 1 amide bonds. The Kier molecular flexibility index (Phi) is 2.66. The molecule has 5 heteroatoms. The minimum absolute atomic E-state index is 0.0908. The third kappa shape index (κ3) is 1.74. The molecule has 0 aromatic heterocycles. The number of nitrogens with zero attached hydrogens (tertiary/aromatic N) is 1. The highest BCUT2D eigenvalue weighted by Crippen LogP contribution is 2.11. The summed E-state index contributed by atoms with van der Waals surface area (Å²) >= 11 is 0. The quantitative estimate of drug-likeness (QED) is 0.395. The van der Waals surface area contributed by atoms with E-state index < -0.39 is 18.3 Å². The largest absolute Gasteiger partial charge is 0.388 e. The summed E-state index contributed by atoms with van der Waals surface area (Å²) in [4.78, 5) is 12.1. The Balaban J connectivity index is 2.59. The number of carbonyl (C=O) groups excluding carboxylic acids is 1. The van der Waals surface area contributed by atoms with E-state index in [1.54, 1.807) is 0 Å². The number of likely N-dealkylation sites (tertiary alicyclic amines) is 1. The summed E-state index contributed by atoms with van der Waals surface area (Å²) in [5.41, 5.74) is 0. The highest BCUT2D eigenvalue weighted by molar-refractivity contribution is 5.73. The first-order valence-electron chi connectivity index (χ1n) is 3.82. The smallest absolute Gasteiger partial charge is 0.219 e. The predicted molar refractivity (Wildman–Crippen MR) is 40.3 cm³/mol. The second-order valence-corrected chi connectivity index (χ2v) is 3.05. The normalized spacial score (nSPS) is 36.7. The van der Waals surface area contributed by atoms with Crippen molar-refractivity contribution in [1.29, 1.82) is 0 Å². The topological polar surface area (TPSA) is 81.0 Å². The minimum Gasteiger partial charge on any atom is -0.388 e. The molecule has 0 aromatic carbocycles. The number of aliphatic hydroxyl groups excluding tert-OH is 3. The van der Waals surface area contributed by atoms with Crippen molar-refractivity contribution >= 4 is 5.91 Å². The van der Waals surface area contributed by atoms with Crippen LogP contribution in [0.25, 0.3) is 0 Å². The average Bonchev–Trinajstić information content (AvgIpc) is 1.99. The fourth-order valence-corrected chi connectivity index (χ4v) is 1.26. The molecule has 70 valence electrons. The van der Waals surface area contributed by atoms with Gasteiger partial charge < -0.3 is 20.2 Å². The maximum absolute atomic E-state index is 10.8. The van der Waals surface area contributed by atoms with Crippen LogP contribution in [0.2, 0.25) is 0 Å². The van der Waals surface area contributed by atoms with E-state index in [0.29, 0.717) is 0 Å². The van der Waals surface area contributed by atoms with Gasteiger partial charge in [-0.2, -0.15) is 0 Å². The summed E-state index contributed by atoms with van der Waals surface area (Å²) in [6.45, 7) is 1.54. The van der Waals surface area contributed by atoms with Crippen LogP contribution in [0.1, 0.15) is 6.92 Å². The van der Waals surface area contributed by atoms with Crippen LogP contribution in [0.5, 0.6) is 0 Å². The van der Waals surface area contributed by atoms with E-state index in [0.717, 1.165) is 0 Å². The monoisotopic (exact) mass is 175 g/mol. The van der Waals surface area contributed by atoms with Crippen LogP contribution in [-0.4, -0.2) is 57.5 Å². The fraction of sp³-hybridized carbons (Fsp3) is 0.857. The minimum atomic E-state index is -1.14. The van der Waals surface area contributed by atoms with Gasteiger partial charge in [-0.25, -0.2) is 0 Å². The first-order chi connectivity index (χ1) is 5.52. The predicted octanol–water partition coefficient (Wildman–Crippen LogP) is -2.07. The van der Waals surface area contributed by atoms with E-state index in [-0.39, 0.29) is 19.0 Å². The van der Waals surface area contributed by atoms with Crippen LogP contribution in [0.3, 0.4) is 0 Å². The SMILES string of the molecule is CC(=O)N1CC(O)C(O)C(O)C1. The van der Waals surface area contributed by atoms with Crippen LogP contribution in [-0.2, 0) is 4.79 Å². The molecule has 1 aliphatic rings. The van der Waals surface area contributed by atoms with Gasteiger partial charge in [0.2, 0.25) is 5.91 Å². The number of β-amino-alcohol motifs (C(OH)–C–C–N with tert-alkyl or cyclic N) is 2. The Morgan fingerprint density at radius 1 is 1.25 bits per heavy atom. The maximum atomic E-state index is 10.8. The molecule has 0 spiro atoms. The standard InChI is InChI=1S/C7H13NO4/c1-4(9)8-2-5(10)7(12)6(11)3-8/h5-7,10-12H,2-3H2,1H3. The molecule has 1 saturated heterocycles. The molecule has 0 aliphatic carbocycles. The average molecular weight is 175 g/mol. The fourth-order valence-electron chi connectivity index (χ4n) is 1.26. The van der Waals surface area contributed by atoms with Gasteiger partial charge in [-0.05, 0) is 0 Å². The molecular formula is C7H13NO4. The first kappa shape index (κ1) is 9.44. The van der Waals surface area contributed by atoms with Crippen molar-refractivity contribution in [3.8, 4) is 0 Å². The molecular weight excluding hydrogens is 162 g/mol.